The lowest BCUT2D eigenvalue weighted by Crippen LogP contribution is -2.43. The number of hydrogen-bond donors (Lipinski definition) is 2. The molecule has 1 saturated heterocycles. The molecule has 3 fully saturated rings. The summed E-state index contributed by atoms with van der Waals surface area (Å²) in [6.07, 6.45) is 9.18. The number of carbonyl (C=O) groups excluding carboxylic acids is 1. The van der Waals surface area contributed by atoms with Crippen molar-refractivity contribution in [3.05, 3.63) is 93.9 Å². The Morgan fingerprint density at radius 3 is 2.54 bits per heavy atom. The van der Waals surface area contributed by atoms with Crippen LogP contribution in [0.2, 0.25) is 0 Å². The van der Waals surface area contributed by atoms with Crippen LogP contribution in [0.3, 0.4) is 0 Å². The molecule has 4 aromatic rings. The fourth-order valence-electron chi connectivity index (χ4n) is 7.36. The molecule has 3 heterocycles. The number of nitrogen functional groups attached to an aromatic ring is 1. The first-order valence-electron chi connectivity index (χ1n) is 16.6. The van der Waals surface area contributed by atoms with Crippen LogP contribution in [0.1, 0.15) is 47.2 Å². The van der Waals surface area contributed by atoms with E-state index in [1.165, 1.54) is 0 Å². The first-order chi connectivity index (χ1) is 23.2. The summed E-state index contributed by atoms with van der Waals surface area (Å²) in [4.78, 5) is 33.9. The molecule has 3 aliphatic rings. The zero-order valence-corrected chi connectivity index (χ0v) is 27.5. The van der Waals surface area contributed by atoms with Crippen LogP contribution in [-0.2, 0) is 24.9 Å². The third-order valence-corrected chi connectivity index (χ3v) is 10.4. The van der Waals surface area contributed by atoms with E-state index in [2.05, 4.69) is 32.2 Å². The van der Waals surface area contributed by atoms with Crippen LogP contribution >= 0.6 is 0 Å². The number of nitro benzene ring substituents is 1. The van der Waals surface area contributed by atoms with Gasteiger partial charge in [0.15, 0.2) is 0 Å². The monoisotopic (exact) mass is 650 g/mol. The van der Waals surface area contributed by atoms with E-state index in [0.29, 0.717) is 18.7 Å². The number of pyridine rings is 1. The number of hydrogen-bond acceptors (Lipinski definition) is 9. The Kier molecular flexibility index (Phi) is 8.71. The fraction of sp³-hybridized carbons (Fsp3) is 0.417. The summed E-state index contributed by atoms with van der Waals surface area (Å²) in [5, 5.41) is 19.4. The zero-order chi connectivity index (χ0) is 33.4. The van der Waals surface area contributed by atoms with Crippen LogP contribution in [0, 0.1) is 15.5 Å². The highest BCUT2D eigenvalue weighted by molar-refractivity contribution is 5.99. The van der Waals surface area contributed by atoms with E-state index >= 15 is 0 Å². The summed E-state index contributed by atoms with van der Waals surface area (Å²) < 4.78 is 8.10. The third kappa shape index (κ3) is 6.55. The van der Waals surface area contributed by atoms with Gasteiger partial charge in [0, 0.05) is 86.4 Å². The molecule has 7 rings (SSSR count). The molecule has 2 aliphatic carbocycles. The Bertz CT molecular complexity index is 1820. The van der Waals surface area contributed by atoms with Gasteiger partial charge in [-0.3, -0.25) is 24.5 Å². The molecule has 1 spiro atoms. The molecule has 12 heteroatoms. The lowest BCUT2D eigenvalue weighted by Gasteiger charge is -2.32. The highest BCUT2D eigenvalue weighted by Crippen LogP contribution is 2.59. The second-order valence-electron chi connectivity index (χ2n) is 13.6. The predicted molar refractivity (Wildman–Crippen MR) is 183 cm³/mol. The van der Waals surface area contributed by atoms with E-state index in [9.17, 15) is 14.9 Å². The van der Waals surface area contributed by atoms with Gasteiger partial charge in [-0.15, -0.1) is 0 Å². The molecule has 1 amide bonds. The molecule has 48 heavy (non-hydrogen) atoms. The van der Waals surface area contributed by atoms with Crippen molar-refractivity contribution in [2.75, 3.05) is 39.0 Å². The molecular weight excluding hydrogens is 608 g/mol. The van der Waals surface area contributed by atoms with Crippen molar-refractivity contribution >= 4 is 17.4 Å². The Labute approximate surface area is 280 Å². The number of anilines is 1. The number of aromatic nitrogens is 3. The smallest absolute Gasteiger partial charge is 0.274 e. The highest BCUT2D eigenvalue weighted by atomic mass is 16.6. The number of rotatable bonds is 10. The molecular formula is C36H42N8O4. The third-order valence-electron chi connectivity index (χ3n) is 10.4. The highest BCUT2D eigenvalue weighted by Gasteiger charge is 2.62. The summed E-state index contributed by atoms with van der Waals surface area (Å²) in [5.74, 6) is -0.0127. The molecule has 3 N–H and O–H groups in total. The van der Waals surface area contributed by atoms with Crippen molar-refractivity contribution in [1.29, 1.82) is 0 Å². The number of nitrogens with one attached hydrogen (secondary N) is 1. The predicted octanol–water partition coefficient (Wildman–Crippen LogP) is 4.64. The minimum absolute atomic E-state index is 0.00818. The van der Waals surface area contributed by atoms with Gasteiger partial charge in [-0.05, 0) is 49.1 Å². The Balaban J connectivity index is 0.960. The first-order valence-corrected chi connectivity index (χ1v) is 16.6. The largest absolute Gasteiger partial charge is 0.383 e. The number of carbonyl (C=O) groups is 1. The average Bonchev–Trinajstić information content (AvgIpc) is 3.36. The van der Waals surface area contributed by atoms with E-state index in [0.717, 1.165) is 85.2 Å². The number of piperazine rings is 1. The van der Waals surface area contributed by atoms with Gasteiger partial charge in [-0.25, -0.2) is 4.98 Å². The number of nitrogens with two attached hydrogens (primary N) is 1. The first kappa shape index (κ1) is 31.9. The maximum atomic E-state index is 13.4. The Hall–Kier alpha value is -4.65. The van der Waals surface area contributed by atoms with Crippen LogP contribution in [-0.4, -0.2) is 80.8 Å². The standard InChI is InChI=1S/C36H42N8O4/c1-41-12-14-43(15-13-41)22-27-10-9-26(17-31(27)44(46)47)25-7-5-24(6-8-25)23-48-33-18-36(33)11-3-4-32(36)40-35(45)30-16-28(19-38-34(30)37)29-20-39-42(2)21-29/h5-10,16-17,19-21,32-33H,3-4,11-15,18,22-23H2,1-2H3,(H2,37,38)(H,40,45). The summed E-state index contributed by atoms with van der Waals surface area (Å²) >= 11 is 0. The number of benzene rings is 2. The Morgan fingerprint density at radius 2 is 1.81 bits per heavy atom. The van der Waals surface area contributed by atoms with E-state index in [1.807, 2.05) is 49.6 Å². The molecule has 2 saturated carbocycles. The number of ether oxygens (including phenoxy) is 1. The molecule has 12 nitrogen and oxygen atoms in total. The quantitative estimate of drug-likeness (QED) is 0.185. The molecule has 250 valence electrons. The van der Waals surface area contributed by atoms with Gasteiger partial charge >= 0.3 is 0 Å². The van der Waals surface area contributed by atoms with Gasteiger partial charge in [0.2, 0.25) is 0 Å². The molecule has 0 radical (unpaired) electrons. The lowest BCUT2D eigenvalue weighted by molar-refractivity contribution is -0.385. The van der Waals surface area contributed by atoms with Crippen molar-refractivity contribution in [3.63, 3.8) is 0 Å². The minimum atomic E-state index is -0.271. The van der Waals surface area contributed by atoms with Gasteiger partial charge in [-0.2, -0.15) is 5.10 Å². The van der Waals surface area contributed by atoms with Crippen molar-refractivity contribution < 1.29 is 14.5 Å². The van der Waals surface area contributed by atoms with Gasteiger partial charge in [0.1, 0.15) is 5.82 Å². The van der Waals surface area contributed by atoms with E-state index in [4.69, 9.17) is 10.5 Å². The van der Waals surface area contributed by atoms with Crippen molar-refractivity contribution in [2.24, 2.45) is 12.5 Å². The topological polar surface area (TPSA) is 145 Å². The minimum Gasteiger partial charge on any atom is -0.383 e. The van der Waals surface area contributed by atoms with Gasteiger partial charge < -0.3 is 20.7 Å². The van der Waals surface area contributed by atoms with Crippen LogP contribution < -0.4 is 11.1 Å². The number of aryl methyl sites for hydroxylation is 1. The molecule has 2 aromatic carbocycles. The van der Waals surface area contributed by atoms with E-state index in [-0.39, 0.29) is 39.9 Å². The second-order valence-corrected chi connectivity index (χ2v) is 13.6. The fourth-order valence-corrected chi connectivity index (χ4v) is 7.36. The lowest BCUT2D eigenvalue weighted by atomic mass is 9.99. The van der Waals surface area contributed by atoms with Crippen LogP contribution in [0.5, 0.6) is 0 Å². The maximum absolute atomic E-state index is 13.4. The van der Waals surface area contributed by atoms with Gasteiger partial charge in [0.25, 0.3) is 11.6 Å². The zero-order valence-electron chi connectivity index (χ0n) is 27.5. The van der Waals surface area contributed by atoms with Crippen LogP contribution in [0.4, 0.5) is 11.5 Å². The van der Waals surface area contributed by atoms with E-state index in [1.54, 1.807) is 29.2 Å². The molecule has 0 bridgehead atoms. The maximum Gasteiger partial charge on any atom is 0.274 e. The van der Waals surface area contributed by atoms with Crippen molar-refractivity contribution in [2.45, 2.75) is 51.0 Å². The van der Waals surface area contributed by atoms with Crippen molar-refractivity contribution in [1.82, 2.24) is 29.9 Å². The number of nitro groups is 1. The summed E-state index contributed by atoms with van der Waals surface area (Å²) in [5.41, 5.74) is 11.8. The summed E-state index contributed by atoms with van der Waals surface area (Å²) in [6, 6.07) is 15.4. The van der Waals surface area contributed by atoms with Gasteiger partial charge in [-0.1, -0.05) is 42.8 Å². The average molecular weight is 651 g/mol. The summed E-state index contributed by atoms with van der Waals surface area (Å²) in [6.45, 7) is 4.80. The van der Waals surface area contributed by atoms with Gasteiger partial charge in [0.05, 0.1) is 29.4 Å². The normalized spacial score (nSPS) is 22.6. The molecule has 1 aliphatic heterocycles. The van der Waals surface area contributed by atoms with E-state index < -0.39 is 0 Å². The SMILES string of the molecule is CN1CCN(Cc2ccc(-c3ccc(COC4CC45CCCC5NC(=O)c4cc(-c5cnn(C)c5)cnc4N)cc3)cc2[N+](=O)[O-])CC1. The molecule has 2 aromatic heterocycles. The molecule has 3 unspecified atom stereocenters. The van der Waals surface area contributed by atoms with Crippen LogP contribution in [0.25, 0.3) is 22.3 Å². The second kappa shape index (κ2) is 13.1. The number of likely N-dealkylation sites (N-methyl/N-ethyl adjacent to an activating group) is 1. The number of amides is 1. The summed E-state index contributed by atoms with van der Waals surface area (Å²) in [7, 11) is 3.94. The van der Waals surface area contributed by atoms with Crippen LogP contribution in [0.15, 0.2) is 67.1 Å². The number of nitrogens with zero attached hydrogens (tertiary/aromatic N) is 6. The Morgan fingerprint density at radius 1 is 1.04 bits per heavy atom. The van der Waals surface area contributed by atoms with Crippen molar-refractivity contribution in [3.8, 4) is 22.3 Å². The molecule has 3 atom stereocenters.